The summed E-state index contributed by atoms with van der Waals surface area (Å²) in [5.41, 5.74) is 0.926. The summed E-state index contributed by atoms with van der Waals surface area (Å²) in [5.74, 6) is 0.171. The van der Waals surface area contributed by atoms with E-state index in [2.05, 4.69) is 4.90 Å². The summed E-state index contributed by atoms with van der Waals surface area (Å²) < 4.78 is 25.9. The minimum atomic E-state index is -3.67. The van der Waals surface area contributed by atoms with E-state index >= 15 is 0 Å². The Morgan fingerprint density at radius 2 is 1.70 bits per heavy atom. The standard InChI is InChI=1S/C19H26Cl2N2O.CH4O3S.H2O/c1-22(19(24)13-14-8-9-15(20)16(21)12-14)17-6-2-3-7-18(17)23-10-4-5-11-23;1-5(2,3)4;/h8-9,12,17-18H,2-7,10-11,13H2,1H3;1H3,(H,2,3,4);1H2. The van der Waals surface area contributed by atoms with E-state index in [9.17, 15) is 13.2 Å². The Balaban J connectivity index is 0.000000674. The van der Waals surface area contributed by atoms with Crippen molar-refractivity contribution in [1.82, 2.24) is 9.80 Å². The van der Waals surface area contributed by atoms with Crippen LogP contribution in [-0.2, 0) is 21.3 Å². The molecule has 1 amide bonds. The van der Waals surface area contributed by atoms with Gasteiger partial charge < -0.3 is 10.4 Å². The number of rotatable bonds is 4. The molecular weight excluding hydrogens is 451 g/mol. The first-order valence-electron chi connectivity index (χ1n) is 9.92. The molecule has 0 bridgehead atoms. The Morgan fingerprint density at radius 3 is 2.27 bits per heavy atom. The molecule has 0 spiro atoms. The molecule has 10 heteroatoms. The van der Waals surface area contributed by atoms with Crippen LogP contribution < -0.4 is 0 Å². The van der Waals surface area contributed by atoms with Crippen molar-refractivity contribution in [3.8, 4) is 0 Å². The summed E-state index contributed by atoms with van der Waals surface area (Å²) in [6, 6.07) is 6.32. The second-order valence-corrected chi connectivity index (χ2v) is 10.1. The van der Waals surface area contributed by atoms with E-state index in [4.69, 9.17) is 27.8 Å². The molecular formula is C20H32Cl2N2O5S. The van der Waals surface area contributed by atoms with Crippen LogP contribution in [0.3, 0.4) is 0 Å². The summed E-state index contributed by atoms with van der Waals surface area (Å²) in [6.07, 6.45) is 8.53. The molecule has 0 aromatic heterocycles. The first-order valence-corrected chi connectivity index (χ1v) is 12.5. The number of benzene rings is 1. The van der Waals surface area contributed by atoms with Gasteiger partial charge in [0.05, 0.1) is 22.7 Å². The van der Waals surface area contributed by atoms with Gasteiger partial charge in [0.1, 0.15) is 0 Å². The fourth-order valence-corrected chi connectivity index (χ4v) is 4.50. The molecule has 2 fully saturated rings. The maximum absolute atomic E-state index is 12.8. The first kappa shape index (κ1) is 27.1. The molecule has 1 saturated carbocycles. The Kier molecular flexibility index (Phi) is 11.0. The van der Waals surface area contributed by atoms with Gasteiger partial charge in [-0.3, -0.25) is 14.2 Å². The topological polar surface area (TPSA) is 109 Å². The molecule has 7 nitrogen and oxygen atoms in total. The number of carbonyl (C=O) groups excluding carboxylic acids is 1. The summed E-state index contributed by atoms with van der Waals surface area (Å²) in [4.78, 5) is 17.4. The molecule has 2 unspecified atom stereocenters. The average molecular weight is 483 g/mol. The molecule has 1 heterocycles. The van der Waals surface area contributed by atoms with Crippen molar-refractivity contribution in [2.45, 2.75) is 57.0 Å². The largest absolute Gasteiger partial charge is 0.412 e. The van der Waals surface area contributed by atoms with Gasteiger partial charge in [-0.2, -0.15) is 8.42 Å². The number of nitrogens with zero attached hydrogens (tertiary/aromatic N) is 2. The van der Waals surface area contributed by atoms with Gasteiger partial charge in [-0.1, -0.05) is 42.1 Å². The second-order valence-electron chi connectivity index (χ2n) is 7.83. The Labute approximate surface area is 189 Å². The summed E-state index contributed by atoms with van der Waals surface area (Å²) >= 11 is 12.0. The third-order valence-corrected chi connectivity index (χ3v) is 6.27. The van der Waals surface area contributed by atoms with Crippen LogP contribution in [-0.4, -0.2) is 72.6 Å². The van der Waals surface area contributed by atoms with Crippen LogP contribution in [0.25, 0.3) is 0 Å². The highest BCUT2D eigenvalue weighted by Crippen LogP contribution is 2.29. The number of hydrogen-bond donors (Lipinski definition) is 1. The fourth-order valence-electron chi connectivity index (χ4n) is 4.18. The molecule has 30 heavy (non-hydrogen) atoms. The number of likely N-dealkylation sites (tertiary alicyclic amines) is 1. The van der Waals surface area contributed by atoms with E-state index in [1.807, 2.05) is 18.0 Å². The highest BCUT2D eigenvalue weighted by Gasteiger charge is 2.35. The highest BCUT2D eigenvalue weighted by molar-refractivity contribution is 7.85. The first-order chi connectivity index (χ1) is 13.6. The van der Waals surface area contributed by atoms with E-state index < -0.39 is 10.1 Å². The zero-order valence-corrected chi connectivity index (χ0v) is 19.8. The van der Waals surface area contributed by atoms with Gasteiger partial charge in [-0.25, -0.2) is 0 Å². The predicted octanol–water partition coefficient (Wildman–Crippen LogP) is 3.08. The smallest absolute Gasteiger partial charge is 0.261 e. The quantitative estimate of drug-likeness (QED) is 0.662. The molecule has 1 aliphatic carbocycles. The zero-order chi connectivity index (χ0) is 21.6. The lowest BCUT2D eigenvalue weighted by Gasteiger charge is -2.42. The molecule has 0 radical (unpaired) electrons. The molecule has 3 rings (SSSR count). The van der Waals surface area contributed by atoms with Gasteiger partial charge in [-0.05, 0) is 56.5 Å². The van der Waals surface area contributed by atoms with Crippen LogP contribution in [0.4, 0.5) is 0 Å². The van der Waals surface area contributed by atoms with Gasteiger partial charge in [0.15, 0.2) is 0 Å². The lowest BCUT2D eigenvalue weighted by molar-refractivity contribution is -0.133. The third kappa shape index (κ3) is 8.69. The number of likely N-dealkylation sites (N-methyl/N-ethyl adjacent to an activating group) is 1. The fraction of sp³-hybridized carbons (Fsp3) is 0.650. The summed E-state index contributed by atoms with van der Waals surface area (Å²) in [5, 5.41) is 1.04. The van der Waals surface area contributed by atoms with E-state index in [-0.39, 0.29) is 11.4 Å². The van der Waals surface area contributed by atoms with Gasteiger partial charge in [0.2, 0.25) is 5.91 Å². The van der Waals surface area contributed by atoms with E-state index in [1.54, 1.807) is 12.1 Å². The van der Waals surface area contributed by atoms with Crippen molar-refractivity contribution in [3.05, 3.63) is 33.8 Å². The normalized spacial score (nSPS) is 21.9. The molecule has 1 aliphatic heterocycles. The van der Waals surface area contributed by atoms with Crippen molar-refractivity contribution in [3.63, 3.8) is 0 Å². The molecule has 2 aliphatic rings. The highest BCUT2D eigenvalue weighted by atomic mass is 35.5. The Hall–Kier alpha value is -0.900. The zero-order valence-electron chi connectivity index (χ0n) is 17.5. The monoisotopic (exact) mass is 482 g/mol. The number of amides is 1. The molecule has 1 saturated heterocycles. The van der Waals surface area contributed by atoms with Crippen molar-refractivity contribution in [2.24, 2.45) is 0 Å². The van der Waals surface area contributed by atoms with Crippen LogP contribution >= 0.6 is 23.2 Å². The summed E-state index contributed by atoms with van der Waals surface area (Å²) in [6.45, 7) is 2.38. The number of carbonyl (C=O) groups is 1. The average Bonchev–Trinajstić information content (AvgIpc) is 3.17. The van der Waals surface area contributed by atoms with Gasteiger partial charge in [-0.15, -0.1) is 0 Å². The Morgan fingerprint density at radius 1 is 1.13 bits per heavy atom. The minimum Gasteiger partial charge on any atom is -0.412 e. The van der Waals surface area contributed by atoms with E-state index in [0.29, 0.717) is 34.8 Å². The van der Waals surface area contributed by atoms with Crippen LogP contribution in [0.1, 0.15) is 44.1 Å². The summed E-state index contributed by atoms with van der Waals surface area (Å²) in [7, 11) is -1.70. The van der Waals surface area contributed by atoms with Gasteiger partial charge in [0.25, 0.3) is 10.1 Å². The number of hydrogen-bond acceptors (Lipinski definition) is 4. The van der Waals surface area contributed by atoms with Gasteiger partial charge in [0, 0.05) is 19.1 Å². The van der Waals surface area contributed by atoms with Crippen LogP contribution in [0.15, 0.2) is 18.2 Å². The molecule has 1 aromatic carbocycles. The van der Waals surface area contributed by atoms with Gasteiger partial charge >= 0.3 is 0 Å². The van der Waals surface area contributed by atoms with Crippen LogP contribution in [0.5, 0.6) is 0 Å². The SMILES string of the molecule is CN(C(=O)Cc1ccc(Cl)c(Cl)c1)C1CCCCC1N1CCCC1.CS(=O)(=O)O.O. The van der Waals surface area contributed by atoms with Crippen molar-refractivity contribution in [1.29, 1.82) is 0 Å². The molecule has 172 valence electrons. The molecule has 2 atom stereocenters. The van der Waals surface area contributed by atoms with Crippen molar-refractivity contribution >= 4 is 39.2 Å². The molecule has 1 aromatic rings. The lowest BCUT2D eigenvalue weighted by Crippen LogP contribution is -2.53. The maximum atomic E-state index is 12.8. The van der Waals surface area contributed by atoms with E-state index in [0.717, 1.165) is 12.0 Å². The van der Waals surface area contributed by atoms with Crippen LogP contribution in [0, 0.1) is 0 Å². The third-order valence-electron chi connectivity index (χ3n) is 5.53. The minimum absolute atomic E-state index is 0. The van der Waals surface area contributed by atoms with E-state index in [1.165, 1.54) is 45.2 Å². The second kappa shape index (κ2) is 12.2. The maximum Gasteiger partial charge on any atom is 0.261 e. The Bertz CT molecular complexity index is 792. The lowest BCUT2D eigenvalue weighted by atomic mass is 9.88. The molecule has 3 N–H and O–H groups in total. The predicted molar refractivity (Wildman–Crippen MR) is 121 cm³/mol. The van der Waals surface area contributed by atoms with Crippen molar-refractivity contribution < 1.29 is 23.2 Å². The van der Waals surface area contributed by atoms with Crippen molar-refractivity contribution in [2.75, 3.05) is 26.4 Å². The van der Waals surface area contributed by atoms with Crippen LogP contribution in [0.2, 0.25) is 10.0 Å². The number of halogens is 2.